The molecule has 0 aromatic heterocycles. The van der Waals surface area contributed by atoms with Gasteiger partial charge in [-0.15, -0.1) is 0 Å². The number of hydrogen-bond donors (Lipinski definition) is 4. The highest BCUT2D eigenvalue weighted by molar-refractivity contribution is 6.43. The van der Waals surface area contributed by atoms with Gasteiger partial charge in [0.25, 0.3) is 0 Å². The summed E-state index contributed by atoms with van der Waals surface area (Å²) in [5, 5.41) is 24.1. The van der Waals surface area contributed by atoms with Crippen molar-refractivity contribution < 1.29 is 19.6 Å². The number of carbonyl (C=O) groups is 2. The topological polar surface area (TPSA) is 98.7 Å². The largest absolute Gasteiger partial charge is 0.475 e. The molecule has 0 aliphatic rings. The average molecular weight is 352 g/mol. The van der Waals surface area contributed by atoms with Gasteiger partial charge in [-0.05, 0) is 31.0 Å². The van der Waals surface area contributed by atoms with Gasteiger partial charge < -0.3 is 20.7 Å². The summed E-state index contributed by atoms with van der Waals surface area (Å²) in [6.45, 7) is 1.95. The Morgan fingerprint density at radius 2 is 1.62 bits per heavy atom. The van der Waals surface area contributed by atoms with Gasteiger partial charge in [-0.2, -0.15) is 0 Å². The molecular weight excluding hydrogens is 331 g/mol. The Morgan fingerprint density at radius 3 is 2.23 bits per heavy atom. The van der Waals surface area contributed by atoms with Crippen LogP contribution in [0.4, 0.5) is 5.69 Å². The highest BCUT2D eigenvalue weighted by atomic mass is 16.4. The average Bonchev–Trinajstić information content (AvgIpc) is 2.62. The van der Waals surface area contributed by atoms with E-state index in [2.05, 4.69) is 10.6 Å². The Kier molecular flexibility index (Phi) is 7.14. The maximum atomic E-state index is 12.0. The van der Waals surface area contributed by atoms with E-state index in [0.29, 0.717) is 5.69 Å². The lowest BCUT2D eigenvalue weighted by Crippen LogP contribution is -2.47. The molecule has 2 aromatic rings. The van der Waals surface area contributed by atoms with Crippen LogP contribution in [0.3, 0.4) is 0 Å². The van der Waals surface area contributed by atoms with E-state index in [9.17, 15) is 19.6 Å². The molecule has 2 amide bonds. The minimum absolute atomic E-state index is 0.258. The van der Waals surface area contributed by atoms with Crippen LogP contribution in [0.2, 0.25) is 0 Å². The zero-order valence-electron chi connectivity index (χ0n) is 14.4. The number of nitrogens with one attached hydrogen (secondary N) is 2. The van der Waals surface area contributed by atoms with Gasteiger partial charge >= 0.3 is 7.12 Å². The Labute approximate surface area is 152 Å². The fourth-order valence-corrected chi connectivity index (χ4v) is 2.30. The summed E-state index contributed by atoms with van der Waals surface area (Å²) in [6, 6.07) is 16.4. The molecule has 2 aromatic carbocycles. The molecule has 0 aliphatic heterocycles. The van der Waals surface area contributed by atoms with Gasteiger partial charge in [0.2, 0.25) is 11.8 Å². The van der Waals surface area contributed by atoms with Gasteiger partial charge in [0, 0.05) is 17.8 Å². The van der Waals surface area contributed by atoms with Crippen molar-refractivity contribution in [1.82, 2.24) is 5.32 Å². The smallest absolute Gasteiger partial charge is 0.426 e. The molecule has 0 aliphatic carbocycles. The second-order valence-corrected chi connectivity index (χ2v) is 5.91. The van der Waals surface area contributed by atoms with Gasteiger partial charge in [0.15, 0.2) is 0 Å². The van der Waals surface area contributed by atoms with Crippen molar-refractivity contribution in [2.24, 2.45) is 0 Å². The zero-order chi connectivity index (χ0) is 18.9. The van der Waals surface area contributed by atoms with E-state index < -0.39 is 24.9 Å². The Morgan fingerprint density at radius 1 is 1.00 bits per heavy atom. The monoisotopic (exact) mass is 352 g/mol. The van der Waals surface area contributed by atoms with E-state index in [4.69, 9.17) is 0 Å². The highest BCUT2D eigenvalue weighted by Crippen LogP contribution is 2.07. The van der Waals surface area contributed by atoms with Gasteiger partial charge in [-0.3, -0.25) is 9.59 Å². The molecule has 134 valence electrons. The predicted octanol–water partition coefficient (Wildman–Crippen LogP) is 1.23. The third-order valence-corrected chi connectivity index (χ3v) is 3.69. The molecule has 26 heavy (non-hydrogen) atoms. The first-order valence-electron chi connectivity index (χ1n) is 8.20. The highest BCUT2D eigenvalue weighted by Gasteiger charge is 2.24. The Balaban J connectivity index is 1.90. The van der Waals surface area contributed by atoms with E-state index in [1.165, 1.54) is 0 Å². The molecule has 0 spiro atoms. The summed E-state index contributed by atoms with van der Waals surface area (Å²) >= 11 is 0. The van der Waals surface area contributed by atoms with Crippen LogP contribution >= 0.6 is 0 Å². The SMILES string of the molecule is Cc1ccc(CC(NC(=O)/C=C/C(=O)Nc2ccccc2)B(O)O)cc1. The fourth-order valence-electron chi connectivity index (χ4n) is 2.30. The number of amides is 2. The summed E-state index contributed by atoms with van der Waals surface area (Å²) in [5.74, 6) is -1.92. The van der Waals surface area contributed by atoms with Crippen LogP contribution in [0, 0.1) is 6.92 Å². The van der Waals surface area contributed by atoms with Gasteiger partial charge in [0.1, 0.15) is 0 Å². The second kappa shape index (κ2) is 9.55. The predicted molar refractivity (Wildman–Crippen MR) is 101 cm³/mol. The molecule has 0 saturated heterocycles. The molecule has 0 heterocycles. The third-order valence-electron chi connectivity index (χ3n) is 3.69. The molecule has 0 bridgehead atoms. The molecule has 0 radical (unpaired) electrons. The van der Waals surface area contributed by atoms with Crippen LogP contribution in [0.25, 0.3) is 0 Å². The fraction of sp³-hybridized carbons (Fsp3) is 0.158. The molecule has 4 N–H and O–H groups in total. The molecular formula is C19H21BN2O4. The van der Waals surface area contributed by atoms with Crippen molar-refractivity contribution in [3.63, 3.8) is 0 Å². The summed E-state index contributed by atoms with van der Waals surface area (Å²) in [4.78, 5) is 23.7. The summed E-state index contributed by atoms with van der Waals surface area (Å²) in [5.41, 5.74) is 2.57. The standard InChI is InChI=1S/C19H21BN2O4/c1-14-7-9-15(10-8-14)13-17(20(25)26)22-19(24)12-11-18(23)21-16-5-3-2-4-6-16/h2-12,17,25-26H,13H2,1H3,(H,21,23)(H,22,24)/b12-11+. The van der Waals surface area contributed by atoms with Gasteiger partial charge in [-0.25, -0.2) is 0 Å². The van der Waals surface area contributed by atoms with Gasteiger partial charge in [0.05, 0.1) is 5.94 Å². The van der Waals surface area contributed by atoms with Crippen molar-refractivity contribution >= 4 is 24.6 Å². The van der Waals surface area contributed by atoms with Crippen molar-refractivity contribution in [3.8, 4) is 0 Å². The first-order valence-corrected chi connectivity index (χ1v) is 8.20. The molecule has 6 nitrogen and oxygen atoms in total. The number of para-hydroxylation sites is 1. The van der Waals surface area contributed by atoms with Crippen LogP contribution in [-0.4, -0.2) is 34.9 Å². The van der Waals surface area contributed by atoms with E-state index in [1.54, 1.807) is 24.3 Å². The summed E-state index contributed by atoms with van der Waals surface area (Å²) in [6.07, 6.45) is 2.41. The maximum Gasteiger partial charge on any atom is 0.475 e. The van der Waals surface area contributed by atoms with Crippen molar-refractivity contribution in [3.05, 3.63) is 77.9 Å². The number of aryl methyl sites for hydroxylation is 1. The van der Waals surface area contributed by atoms with Crippen molar-refractivity contribution in [2.75, 3.05) is 5.32 Å². The van der Waals surface area contributed by atoms with Crippen molar-refractivity contribution in [1.29, 1.82) is 0 Å². The lowest BCUT2D eigenvalue weighted by Gasteiger charge is -2.17. The Hall–Kier alpha value is -2.90. The molecule has 0 fully saturated rings. The summed E-state index contributed by atoms with van der Waals surface area (Å²) in [7, 11) is -1.72. The van der Waals surface area contributed by atoms with Crippen LogP contribution in [-0.2, 0) is 16.0 Å². The molecule has 1 unspecified atom stereocenters. The van der Waals surface area contributed by atoms with Crippen LogP contribution in [0.5, 0.6) is 0 Å². The molecule has 0 saturated carbocycles. The Bertz CT molecular complexity index is 761. The van der Waals surface area contributed by atoms with E-state index >= 15 is 0 Å². The molecule has 2 rings (SSSR count). The minimum Gasteiger partial charge on any atom is -0.426 e. The second-order valence-electron chi connectivity index (χ2n) is 5.91. The van der Waals surface area contributed by atoms with E-state index in [1.807, 2.05) is 37.3 Å². The third kappa shape index (κ3) is 6.54. The van der Waals surface area contributed by atoms with Crippen LogP contribution in [0.15, 0.2) is 66.7 Å². The molecule has 7 heteroatoms. The quantitative estimate of drug-likeness (QED) is 0.445. The number of carbonyl (C=O) groups excluding carboxylic acids is 2. The van der Waals surface area contributed by atoms with E-state index in [-0.39, 0.29) is 6.42 Å². The first kappa shape index (κ1) is 19.4. The number of anilines is 1. The zero-order valence-corrected chi connectivity index (χ0v) is 14.4. The van der Waals surface area contributed by atoms with Crippen molar-refractivity contribution in [2.45, 2.75) is 19.3 Å². The number of benzene rings is 2. The maximum absolute atomic E-state index is 12.0. The lowest BCUT2D eigenvalue weighted by molar-refractivity contribution is -0.117. The number of rotatable bonds is 7. The summed E-state index contributed by atoms with van der Waals surface area (Å²) < 4.78 is 0. The first-order chi connectivity index (χ1) is 12.4. The normalized spacial score (nSPS) is 11.8. The minimum atomic E-state index is -1.72. The molecule has 1 atom stereocenters. The number of hydrogen-bond acceptors (Lipinski definition) is 4. The van der Waals surface area contributed by atoms with E-state index in [0.717, 1.165) is 23.3 Å². The van der Waals surface area contributed by atoms with Crippen LogP contribution < -0.4 is 10.6 Å². The van der Waals surface area contributed by atoms with Gasteiger partial charge in [-0.1, -0.05) is 48.0 Å². The van der Waals surface area contributed by atoms with Crippen LogP contribution in [0.1, 0.15) is 11.1 Å². The lowest BCUT2D eigenvalue weighted by atomic mass is 9.76.